The number of aromatic nitrogens is 2. The van der Waals surface area contributed by atoms with E-state index < -0.39 is 6.17 Å². The van der Waals surface area contributed by atoms with Crippen molar-refractivity contribution in [3.63, 3.8) is 0 Å². The van der Waals surface area contributed by atoms with Gasteiger partial charge in [-0.05, 0) is 81.8 Å². The van der Waals surface area contributed by atoms with Crippen LogP contribution < -0.4 is 30.5 Å². The zero-order chi connectivity index (χ0) is 41.4. The lowest BCUT2D eigenvalue weighted by Crippen LogP contribution is -2.58. The molecule has 3 unspecified atom stereocenters. The first-order valence-electron chi connectivity index (χ1n) is 20.6. The van der Waals surface area contributed by atoms with Crippen LogP contribution in [0, 0.1) is 12.8 Å². The Morgan fingerprint density at radius 1 is 1.12 bits per heavy atom. The van der Waals surface area contributed by atoms with Crippen molar-refractivity contribution < 1.29 is 28.2 Å². The Kier molecular flexibility index (Phi) is 18.0. The van der Waals surface area contributed by atoms with Crippen LogP contribution in [0.1, 0.15) is 70.4 Å². The van der Waals surface area contributed by atoms with E-state index >= 15 is 0 Å². The van der Waals surface area contributed by atoms with Crippen molar-refractivity contribution in [2.45, 2.75) is 90.6 Å². The summed E-state index contributed by atoms with van der Waals surface area (Å²) in [5.41, 5.74) is 4.39. The molecule has 5 aliphatic rings. The number of hydrogen-bond acceptors (Lipinski definition) is 12. The molecule has 0 aliphatic carbocycles. The van der Waals surface area contributed by atoms with Gasteiger partial charge in [0.25, 0.3) is 0 Å². The summed E-state index contributed by atoms with van der Waals surface area (Å²) >= 11 is 0. The number of alkyl halides is 1. The number of ether oxygens (including phenoxy) is 2. The maximum absolute atomic E-state index is 12.4. The van der Waals surface area contributed by atoms with Crippen LogP contribution in [0.2, 0.25) is 0 Å². The van der Waals surface area contributed by atoms with Crippen LogP contribution >= 0.6 is 0 Å². The number of piperazine rings is 1. The van der Waals surface area contributed by atoms with E-state index in [0.717, 1.165) is 112 Å². The van der Waals surface area contributed by atoms with Crippen LogP contribution in [0.5, 0.6) is 5.75 Å². The maximum atomic E-state index is 12.4. The molecular formula is C42H66FN9O5. The molecule has 1 aromatic heterocycles. The summed E-state index contributed by atoms with van der Waals surface area (Å²) in [7, 11) is 3.69. The van der Waals surface area contributed by atoms with Crippen molar-refractivity contribution in [3.8, 4) is 5.75 Å². The molecular weight excluding hydrogens is 730 g/mol. The van der Waals surface area contributed by atoms with E-state index in [1.54, 1.807) is 6.92 Å². The van der Waals surface area contributed by atoms with Crippen LogP contribution in [-0.4, -0.2) is 135 Å². The van der Waals surface area contributed by atoms with E-state index in [-0.39, 0.29) is 17.4 Å². The molecule has 4 fully saturated rings. The van der Waals surface area contributed by atoms with E-state index in [1.807, 2.05) is 51.3 Å². The van der Waals surface area contributed by atoms with Crippen molar-refractivity contribution in [2.24, 2.45) is 5.92 Å². The zero-order valence-corrected chi connectivity index (χ0v) is 35.0. The largest absolute Gasteiger partial charge is 0.489 e. The number of carbonyl (C=O) groups excluding carboxylic acids is 3. The van der Waals surface area contributed by atoms with Gasteiger partial charge in [-0.1, -0.05) is 20.4 Å². The van der Waals surface area contributed by atoms with Crippen molar-refractivity contribution in [3.05, 3.63) is 54.0 Å². The van der Waals surface area contributed by atoms with E-state index in [2.05, 4.69) is 66.3 Å². The predicted molar refractivity (Wildman–Crippen MR) is 222 cm³/mol. The Balaban J connectivity index is 0.000000282. The van der Waals surface area contributed by atoms with Crippen LogP contribution in [0.3, 0.4) is 0 Å². The Morgan fingerprint density at radius 3 is 2.44 bits per heavy atom. The number of amides is 3. The molecule has 0 radical (unpaired) electrons. The van der Waals surface area contributed by atoms with Gasteiger partial charge >= 0.3 is 0 Å². The van der Waals surface area contributed by atoms with Crippen molar-refractivity contribution in [2.75, 3.05) is 89.5 Å². The summed E-state index contributed by atoms with van der Waals surface area (Å²) in [5, 5.41) is 7.91. The fraction of sp³-hybridized carbons (Fsp3) is 0.643. The van der Waals surface area contributed by atoms with E-state index in [4.69, 9.17) is 9.47 Å². The van der Waals surface area contributed by atoms with Crippen LogP contribution in [0.4, 0.5) is 16.0 Å². The van der Waals surface area contributed by atoms with Crippen molar-refractivity contribution >= 4 is 29.9 Å². The molecule has 1 aromatic carbocycles. The average Bonchev–Trinajstić information content (AvgIpc) is 3.59. The van der Waals surface area contributed by atoms with E-state index in [1.165, 1.54) is 0 Å². The molecule has 0 bridgehead atoms. The number of anilines is 2. The second-order valence-electron chi connectivity index (χ2n) is 15.4. The molecule has 7 rings (SSSR count). The van der Waals surface area contributed by atoms with Gasteiger partial charge in [-0.3, -0.25) is 29.5 Å². The third kappa shape index (κ3) is 13.6. The monoisotopic (exact) mass is 796 g/mol. The molecule has 4 saturated heterocycles. The molecule has 15 heteroatoms. The minimum atomic E-state index is -0.773. The third-order valence-electron chi connectivity index (χ3n) is 10.9. The number of nitrogens with zero attached hydrogens (tertiary/aromatic N) is 6. The number of nitrogens with one attached hydrogen (secondary N) is 3. The second kappa shape index (κ2) is 22.6. The van der Waals surface area contributed by atoms with Gasteiger partial charge in [-0.25, -0.2) is 14.4 Å². The Hall–Kier alpha value is -4.34. The number of halogens is 1. The number of imide groups is 1. The summed E-state index contributed by atoms with van der Waals surface area (Å²) < 4.78 is 25.1. The number of hydrogen-bond donors (Lipinski definition) is 3. The molecule has 57 heavy (non-hydrogen) atoms. The van der Waals surface area contributed by atoms with E-state index in [0.29, 0.717) is 50.9 Å². The van der Waals surface area contributed by atoms with Crippen LogP contribution in [0.15, 0.2) is 42.9 Å². The molecule has 0 saturated carbocycles. The molecule has 3 N–H and O–H groups in total. The van der Waals surface area contributed by atoms with Gasteiger partial charge in [0.2, 0.25) is 24.2 Å². The zero-order valence-electron chi connectivity index (χ0n) is 35.0. The summed E-state index contributed by atoms with van der Waals surface area (Å²) in [5.74, 6) is 2.10. The first-order valence-corrected chi connectivity index (χ1v) is 20.6. The summed E-state index contributed by atoms with van der Waals surface area (Å²) in [6, 6.07) is 6.53. The lowest BCUT2D eigenvalue weighted by Gasteiger charge is -2.46. The number of carbonyl (C=O) groups is 3. The average molecular weight is 796 g/mol. The summed E-state index contributed by atoms with van der Waals surface area (Å²) in [4.78, 5) is 49.6. The number of aryl methyl sites for hydroxylation is 1. The highest BCUT2D eigenvalue weighted by molar-refractivity contribution is 5.97. The number of benzene rings is 1. The number of fused-ring (bicyclic) bond motifs is 3. The highest BCUT2D eigenvalue weighted by Gasteiger charge is 2.44. The lowest BCUT2D eigenvalue weighted by atomic mass is 9.85. The van der Waals surface area contributed by atoms with Crippen molar-refractivity contribution in [1.82, 2.24) is 35.7 Å². The number of likely N-dealkylation sites (N-methyl/N-ethyl adjacent to an activating group) is 2. The molecule has 316 valence electrons. The number of piperidine rings is 2. The number of rotatable bonds is 11. The van der Waals surface area contributed by atoms with Crippen LogP contribution in [-0.2, 0) is 25.7 Å². The predicted octanol–water partition coefficient (Wildman–Crippen LogP) is 3.84. The van der Waals surface area contributed by atoms with Gasteiger partial charge in [0.05, 0.1) is 23.9 Å². The minimum absolute atomic E-state index is 0.0223. The first kappa shape index (κ1) is 45.4. The molecule has 3 amide bonds. The summed E-state index contributed by atoms with van der Waals surface area (Å²) in [6.07, 6.45) is 8.58. The molecule has 14 nitrogen and oxygen atoms in total. The topological polar surface area (TPSA) is 144 Å². The Morgan fingerprint density at radius 2 is 1.82 bits per heavy atom. The lowest BCUT2D eigenvalue weighted by molar-refractivity contribution is -0.133. The quantitative estimate of drug-likeness (QED) is 0.225. The van der Waals surface area contributed by atoms with Crippen molar-refractivity contribution in [1.29, 1.82) is 0 Å². The van der Waals surface area contributed by atoms with Gasteiger partial charge in [-0.15, -0.1) is 0 Å². The fourth-order valence-corrected chi connectivity index (χ4v) is 8.05. The molecule has 5 aliphatic heterocycles. The Bertz CT molecular complexity index is 1580. The fourth-order valence-electron chi connectivity index (χ4n) is 8.05. The minimum Gasteiger partial charge on any atom is -0.489 e. The molecule has 1 spiro atoms. The van der Waals surface area contributed by atoms with Gasteiger partial charge < -0.3 is 29.9 Å². The SMILES string of the molecule is C=C(CN(C)CC(C)F)NC.CC.Cc1cc2c(cc1CNC=O)N1CCN(CC3COC4(CCN(c5ncccn5)CC4)C3)CC1CO2.O=C1CCCC(=O)N1. The van der Waals surface area contributed by atoms with Gasteiger partial charge in [-0.2, -0.15) is 0 Å². The maximum Gasteiger partial charge on any atom is 0.226 e. The highest BCUT2D eigenvalue weighted by Crippen LogP contribution is 2.41. The van der Waals surface area contributed by atoms with Crippen LogP contribution in [0.25, 0.3) is 0 Å². The smallest absolute Gasteiger partial charge is 0.226 e. The Labute approximate surface area is 338 Å². The summed E-state index contributed by atoms with van der Waals surface area (Å²) in [6.45, 7) is 20.7. The first-order chi connectivity index (χ1) is 27.5. The molecule has 6 heterocycles. The van der Waals surface area contributed by atoms with E-state index in [9.17, 15) is 18.8 Å². The second-order valence-corrected chi connectivity index (χ2v) is 15.4. The third-order valence-corrected chi connectivity index (χ3v) is 10.9. The molecule has 3 atom stereocenters. The highest BCUT2D eigenvalue weighted by atomic mass is 19.1. The standard InChI is InChI=1S/C27H36N6O3.C8H17FN2.C5H7NO2.C2H6/c1-20-11-25-24(12-22(20)14-28-19-34)33-10-9-31(16-23(33)18-35-25)15-21-13-27(36-17-21)3-7-32(8-4-27)26-29-5-2-6-30-26;1-7(9)5-11(4)6-8(2)10-3;7-4-2-1-3-5(8)6-4;1-2/h2,5-6,11-12,19,21,23H,3-4,7-10,13-18H2,1H3,(H,28,34);7,10H,2,5-6H2,1,3-4H3;1-3H2,(H,6,7,8);1-2H3. The van der Waals surface area contributed by atoms with Gasteiger partial charge in [0.1, 0.15) is 18.5 Å². The van der Waals surface area contributed by atoms with Gasteiger partial charge in [0.15, 0.2) is 0 Å². The van der Waals surface area contributed by atoms with Gasteiger partial charge in [0, 0.05) is 96.9 Å². The molecule has 2 aromatic rings. The normalized spacial score (nSPS) is 21.5.